The quantitative estimate of drug-likeness (QED) is 0.161. The maximum Gasteiger partial charge on any atom is 0.0726 e. The smallest absolute Gasteiger partial charge is 0.0726 e. The topological polar surface area (TPSA) is 3.24 Å². The summed E-state index contributed by atoms with van der Waals surface area (Å²) in [5.41, 5.74) is 25.8. The van der Waals surface area contributed by atoms with Gasteiger partial charge in [0.1, 0.15) is 0 Å². The molecule has 0 aliphatic heterocycles. The predicted molar refractivity (Wildman–Crippen MR) is 289 cm³/mol. The Bertz CT molecular complexity index is 3810. The predicted octanol–water partition coefficient (Wildman–Crippen LogP) is 18.0. The molecule has 0 bridgehead atoms. The highest BCUT2D eigenvalue weighted by molar-refractivity contribution is 6.09. The summed E-state index contributed by atoms with van der Waals surface area (Å²) in [4.78, 5) is 2.58. The van der Waals surface area contributed by atoms with Crippen LogP contribution in [0.25, 0.3) is 77.5 Å². The maximum atomic E-state index is 2.58. The summed E-state index contributed by atoms with van der Waals surface area (Å²) in [7, 11) is 0. The highest BCUT2D eigenvalue weighted by atomic mass is 15.1. The van der Waals surface area contributed by atoms with Crippen molar-refractivity contribution in [2.24, 2.45) is 0 Å². The van der Waals surface area contributed by atoms with Gasteiger partial charge in [0.05, 0.1) is 16.8 Å². The molecule has 14 rings (SSSR count). The van der Waals surface area contributed by atoms with E-state index in [1.165, 1.54) is 111 Å². The number of rotatable bonds is 6. The number of benzene rings is 11. The standard InChI is InChI=1S/C68H47N/c1-67(2)58-31-15-11-28-54(58)57-42-46(36-40-59(57)67)66-49(45-22-7-4-8-23-45)30-19-35-65(66)69(64-41-39-48(44-20-5-3-6-21-44)50-24-9-10-29-56(50)64)47-37-38-55-53-27-14-18-34-62(53)68(63(55)43-47)60-32-16-12-25-51(60)52-26-13-17-33-61(52)68/h3-43H,1-2H3. The van der Waals surface area contributed by atoms with Gasteiger partial charge in [0, 0.05) is 22.1 Å². The molecule has 0 amide bonds. The molecule has 0 aromatic heterocycles. The number of hydrogen-bond donors (Lipinski definition) is 0. The summed E-state index contributed by atoms with van der Waals surface area (Å²) in [6.07, 6.45) is 0. The van der Waals surface area contributed by atoms with Crippen molar-refractivity contribution >= 4 is 27.8 Å². The summed E-state index contributed by atoms with van der Waals surface area (Å²) in [5.74, 6) is 0. The minimum Gasteiger partial charge on any atom is -0.309 e. The second kappa shape index (κ2) is 15.0. The molecular weight excluding hydrogens is 831 g/mol. The van der Waals surface area contributed by atoms with E-state index in [4.69, 9.17) is 0 Å². The lowest BCUT2D eigenvalue weighted by atomic mass is 9.70. The summed E-state index contributed by atoms with van der Waals surface area (Å²) in [5, 5.41) is 2.40. The van der Waals surface area contributed by atoms with Crippen molar-refractivity contribution in [2.45, 2.75) is 24.7 Å². The fourth-order valence-corrected chi connectivity index (χ4v) is 12.7. The van der Waals surface area contributed by atoms with Crippen molar-refractivity contribution in [2.75, 3.05) is 4.90 Å². The van der Waals surface area contributed by atoms with Gasteiger partial charge in [-0.25, -0.2) is 0 Å². The number of anilines is 3. The van der Waals surface area contributed by atoms with Crippen LogP contribution in [0, 0.1) is 0 Å². The fourth-order valence-electron chi connectivity index (χ4n) is 12.7. The van der Waals surface area contributed by atoms with Crippen LogP contribution < -0.4 is 4.90 Å². The molecule has 11 aromatic rings. The van der Waals surface area contributed by atoms with Crippen LogP contribution in [-0.4, -0.2) is 0 Å². The lowest BCUT2D eigenvalue weighted by Gasteiger charge is -2.33. The van der Waals surface area contributed by atoms with Gasteiger partial charge in [0.2, 0.25) is 0 Å². The zero-order chi connectivity index (χ0) is 45.8. The Morgan fingerprint density at radius 1 is 0.275 bits per heavy atom. The lowest BCUT2D eigenvalue weighted by molar-refractivity contribution is 0.660. The van der Waals surface area contributed by atoms with Gasteiger partial charge >= 0.3 is 0 Å². The van der Waals surface area contributed by atoms with Crippen LogP contribution in [0.4, 0.5) is 17.1 Å². The van der Waals surface area contributed by atoms with Gasteiger partial charge in [-0.1, -0.05) is 232 Å². The zero-order valence-electron chi connectivity index (χ0n) is 38.6. The van der Waals surface area contributed by atoms with Gasteiger partial charge in [0.25, 0.3) is 0 Å². The van der Waals surface area contributed by atoms with Crippen molar-refractivity contribution < 1.29 is 0 Å². The van der Waals surface area contributed by atoms with E-state index in [9.17, 15) is 0 Å². The summed E-state index contributed by atoms with van der Waals surface area (Å²) < 4.78 is 0. The SMILES string of the molecule is CC1(C)c2ccccc2-c2cc(-c3c(-c4ccccc4)cccc3N(c3ccc4c(c3)C3(c5ccccc5-c5ccccc53)c3ccccc3-4)c3ccc(-c4ccccc4)c4ccccc34)ccc21. The van der Waals surface area contributed by atoms with Crippen LogP contribution in [-0.2, 0) is 10.8 Å². The first-order chi connectivity index (χ1) is 34.0. The molecule has 0 heterocycles. The third-order valence-corrected chi connectivity index (χ3v) is 15.7. The maximum absolute atomic E-state index is 2.58. The van der Waals surface area contributed by atoms with Crippen LogP contribution >= 0.6 is 0 Å². The molecular formula is C68H47N. The molecule has 0 atom stereocenters. The number of fused-ring (bicyclic) bond motifs is 14. The number of hydrogen-bond acceptors (Lipinski definition) is 1. The highest BCUT2D eigenvalue weighted by Gasteiger charge is 2.51. The van der Waals surface area contributed by atoms with E-state index in [0.717, 1.165) is 17.1 Å². The molecule has 1 nitrogen and oxygen atoms in total. The second-order valence-corrected chi connectivity index (χ2v) is 19.5. The molecule has 0 unspecified atom stereocenters. The third-order valence-electron chi connectivity index (χ3n) is 15.7. The Morgan fingerprint density at radius 2 is 0.754 bits per heavy atom. The zero-order valence-corrected chi connectivity index (χ0v) is 38.6. The first kappa shape index (κ1) is 39.6. The molecule has 324 valence electrons. The van der Waals surface area contributed by atoms with Crippen molar-refractivity contribution in [3.05, 3.63) is 282 Å². The van der Waals surface area contributed by atoms with Crippen LogP contribution in [0.1, 0.15) is 47.2 Å². The van der Waals surface area contributed by atoms with E-state index in [-0.39, 0.29) is 5.41 Å². The minimum absolute atomic E-state index is 0.104. The van der Waals surface area contributed by atoms with Gasteiger partial charge in [-0.2, -0.15) is 0 Å². The lowest BCUT2D eigenvalue weighted by Crippen LogP contribution is -2.26. The molecule has 11 aromatic carbocycles. The molecule has 0 saturated carbocycles. The molecule has 69 heavy (non-hydrogen) atoms. The average Bonchev–Trinajstić information content (AvgIpc) is 3.97. The fraction of sp³-hybridized carbons (Fsp3) is 0.0588. The molecule has 0 fully saturated rings. The van der Waals surface area contributed by atoms with Crippen LogP contribution in [0.15, 0.2) is 249 Å². The molecule has 3 aliphatic carbocycles. The van der Waals surface area contributed by atoms with Gasteiger partial charge in [-0.05, 0) is 130 Å². The van der Waals surface area contributed by atoms with Crippen LogP contribution in [0.5, 0.6) is 0 Å². The van der Waals surface area contributed by atoms with Crippen molar-refractivity contribution in [1.82, 2.24) is 0 Å². The number of nitrogens with zero attached hydrogens (tertiary/aromatic N) is 1. The second-order valence-electron chi connectivity index (χ2n) is 19.5. The van der Waals surface area contributed by atoms with Crippen LogP contribution in [0.2, 0.25) is 0 Å². The highest BCUT2D eigenvalue weighted by Crippen LogP contribution is 2.64. The Hall–Kier alpha value is -8.52. The van der Waals surface area contributed by atoms with Crippen molar-refractivity contribution in [3.8, 4) is 66.8 Å². The molecule has 1 heteroatoms. The Kier molecular flexibility index (Phi) is 8.61. The average molecular weight is 878 g/mol. The molecule has 0 radical (unpaired) electrons. The van der Waals surface area contributed by atoms with Gasteiger partial charge in [-0.15, -0.1) is 0 Å². The summed E-state index contributed by atoms with van der Waals surface area (Å²) in [6, 6.07) is 93.3. The minimum atomic E-state index is -0.491. The first-order valence-electron chi connectivity index (χ1n) is 24.3. The Morgan fingerprint density at radius 3 is 1.39 bits per heavy atom. The van der Waals surface area contributed by atoms with Gasteiger partial charge < -0.3 is 4.90 Å². The first-order valence-corrected chi connectivity index (χ1v) is 24.3. The van der Waals surface area contributed by atoms with Crippen molar-refractivity contribution in [1.29, 1.82) is 0 Å². The van der Waals surface area contributed by atoms with E-state index < -0.39 is 5.41 Å². The van der Waals surface area contributed by atoms with Crippen molar-refractivity contribution in [3.63, 3.8) is 0 Å². The summed E-state index contributed by atoms with van der Waals surface area (Å²) in [6.45, 7) is 4.74. The van der Waals surface area contributed by atoms with E-state index in [2.05, 4.69) is 267 Å². The van der Waals surface area contributed by atoms with E-state index >= 15 is 0 Å². The monoisotopic (exact) mass is 877 g/mol. The van der Waals surface area contributed by atoms with E-state index in [1.807, 2.05) is 0 Å². The normalized spacial score (nSPS) is 13.9. The molecule has 0 N–H and O–H groups in total. The molecule has 1 spiro atoms. The Balaban J connectivity index is 1.09. The molecule has 0 saturated heterocycles. The summed E-state index contributed by atoms with van der Waals surface area (Å²) >= 11 is 0. The van der Waals surface area contributed by atoms with E-state index in [0.29, 0.717) is 0 Å². The Labute approximate surface area is 404 Å². The van der Waals surface area contributed by atoms with Gasteiger partial charge in [-0.3, -0.25) is 0 Å². The van der Waals surface area contributed by atoms with E-state index in [1.54, 1.807) is 0 Å². The van der Waals surface area contributed by atoms with Crippen LogP contribution in [0.3, 0.4) is 0 Å². The largest absolute Gasteiger partial charge is 0.309 e. The van der Waals surface area contributed by atoms with Gasteiger partial charge in [0.15, 0.2) is 0 Å². The molecule has 3 aliphatic rings. The third kappa shape index (κ3) is 5.59.